The van der Waals surface area contributed by atoms with E-state index in [1.165, 1.54) is 122 Å². The Labute approximate surface area is 342 Å². The molecule has 0 unspecified atom stereocenters. The number of fused-ring (bicyclic) bond motifs is 1. The normalized spacial score (nSPS) is 14.1. The summed E-state index contributed by atoms with van der Waals surface area (Å²) in [6.45, 7) is 8.37. The summed E-state index contributed by atoms with van der Waals surface area (Å²) in [5.74, 6) is -0.135. The summed E-state index contributed by atoms with van der Waals surface area (Å²) in [4.78, 5) is 39.8. The van der Waals surface area contributed by atoms with Crippen LogP contribution in [0, 0.1) is 0 Å². The van der Waals surface area contributed by atoms with Crippen LogP contribution in [0.25, 0.3) is 22.4 Å². The molecule has 1 aliphatic heterocycles. The Morgan fingerprint density at radius 2 is 1.26 bits per heavy atom. The van der Waals surface area contributed by atoms with Gasteiger partial charge in [-0.25, -0.2) is 13.2 Å². The summed E-state index contributed by atoms with van der Waals surface area (Å²) in [5.41, 5.74) is 0.835. The zero-order valence-corrected chi connectivity index (χ0v) is 36.7. The lowest BCUT2D eigenvalue weighted by atomic mass is 10.0. The number of piperazine rings is 1. The van der Waals surface area contributed by atoms with Gasteiger partial charge in [-0.3, -0.25) is 9.48 Å². The smallest absolute Gasteiger partial charge is 0.333 e. The van der Waals surface area contributed by atoms with E-state index in [4.69, 9.17) is 9.57 Å². The molecule has 3 heterocycles. The summed E-state index contributed by atoms with van der Waals surface area (Å²) in [7, 11) is -0.236. The molecule has 320 valence electrons. The number of nitrogens with zero attached hydrogens (tertiary/aromatic N) is 6. The van der Waals surface area contributed by atoms with Gasteiger partial charge in [-0.15, -0.1) is 0 Å². The van der Waals surface area contributed by atoms with E-state index in [9.17, 15) is 18.0 Å². The van der Waals surface area contributed by atoms with E-state index >= 15 is 0 Å². The van der Waals surface area contributed by atoms with Gasteiger partial charge in [0.2, 0.25) is 10.0 Å². The number of sulfonamides is 1. The molecule has 0 N–H and O–H groups in total. The van der Waals surface area contributed by atoms with Crippen LogP contribution in [0.4, 0.5) is 0 Å². The van der Waals surface area contributed by atoms with Crippen LogP contribution >= 0.6 is 0 Å². The van der Waals surface area contributed by atoms with Crippen LogP contribution in [0.1, 0.15) is 161 Å². The molecule has 1 aromatic carbocycles. The Balaban J connectivity index is 1.35. The number of carbonyl (C=O) groups is 1. The number of hydrogen-bond acceptors (Lipinski definition) is 9. The molecule has 1 fully saturated rings. The maximum atomic E-state index is 13.9. The zero-order valence-electron chi connectivity index (χ0n) is 35.9. The third-order valence-electron chi connectivity index (χ3n) is 11.2. The molecule has 1 saturated heterocycles. The van der Waals surface area contributed by atoms with Crippen molar-refractivity contribution in [1.82, 2.24) is 28.7 Å². The number of likely N-dealkylation sites (N-methyl/N-ethyl adjacent to an activating group) is 1. The van der Waals surface area contributed by atoms with Crippen LogP contribution in [0.5, 0.6) is 5.75 Å². The summed E-state index contributed by atoms with van der Waals surface area (Å²) in [6, 6.07) is 4.57. The van der Waals surface area contributed by atoms with Crippen molar-refractivity contribution < 1.29 is 22.8 Å². The summed E-state index contributed by atoms with van der Waals surface area (Å²) in [5, 5.41) is 4.61. The summed E-state index contributed by atoms with van der Waals surface area (Å²) in [6.07, 6.45) is 25.7. The van der Waals surface area contributed by atoms with Crippen molar-refractivity contribution in [1.29, 1.82) is 0 Å². The minimum Gasteiger partial charge on any atom is -0.493 e. The molecule has 13 heteroatoms. The predicted molar refractivity (Wildman–Crippen MR) is 229 cm³/mol. The minimum atomic E-state index is -3.87. The van der Waals surface area contributed by atoms with Gasteiger partial charge in [-0.05, 0) is 45.0 Å². The van der Waals surface area contributed by atoms with Gasteiger partial charge in [0.05, 0.1) is 22.8 Å². The van der Waals surface area contributed by atoms with Gasteiger partial charge >= 0.3 is 5.97 Å². The molecule has 0 spiro atoms. The fourth-order valence-corrected chi connectivity index (χ4v) is 9.23. The molecule has 0 aliphatic carbocycles. The van der Waals surface area contributed by atoms with E-state index in [1.807, 2.05) is 20.9 Å². The highest BCUT2D eigenvalue weighted by Gasteiger charge is 2.30. The van der Waals surface area contributed by atoms with Crippen molar-refractivity contribution in [2.75, 3.05) is 39.8 Å². The number of unbranched alkanes of at least 4 members (excludes halogenated alkanes) is 18. The van der Waals surface area contributed by atoms with Crippen LogP contribution in [0.2, 0.25) is 0 Å². The number of aromatic nitrogens is 4. The van der Waals surface area contributed by atoms with E-state index < -0.39 is 21.6 Å². The highest BCUT2D eigenvalue weighted by atomic mass is 32.2. The van der Waals surface area contributed by atoms with Gasteiger partial charge in [0, 0.05) is 39.6 Å². The molecule has 1 aliphatic rings. The van der Waals surface area contributed by atoms with Crippen molar-refractivity contribution in [3.63, 3.8) is 0 Å². The number of hydrogen-bond donors (Lipinski definition) is 0. The average Bonchev–Trinajstić information content (AvgIpc) is 3.53. The van der Waals surface area contributed by atoms with Crippen molar-refractivity contribution in [2.24, 2.45) is 7.05 Å². The second-order valence-corrected chi connectivity index (χ2v) is 17.9. The van der Waals surface area contributed by atoms with E-state index in [-0.39, 0.29) is 34.8 Å². The van der Waals surface area contributed by atoms with Crippen molar-refractivity contribution in [2.45, 2.75) is 167 Å². The monoisotopic (exact) mass is 813 g/mol. The van der Waals surface area contributed by atoms with Crippen LogP contribution in [-0.4, -0.2) is 82.9 Å². The van der Waals surface area contributed by atoms with Crippen molar-refractivity contribution in [3.8, 4) is 17.1 Å². The highest BCUT2D eigenvalue weighted by Crippen LogP contribution is 2.34. The number of carbonyl (C=O) groups excluding carboxylic acids is 1. The van der Waals surface area contributed by atoms with E-state index in [0.717, 1.165) is 25.7 Å². The number of aryl methyl sites for hydroxylation is 2. The molecular formula is C44H72N6O6S. The van der Waals surface area contributed by atoms with Gasteiger partial charge in [-0.1, -0.05) is 136 Å². The Kier molecular flexibility index (Phi) is 20.0. The van der Waals surface area contributed by atoms with Gasteiger partial charge < -0.3 is 14.5 Å². The maximum absolute atomic E-state index is 13.9. The fraction of sp³-hybridized carbons (Fsp3) is 0.727. The van der Waals surface area contributed by atoms with E-state index in [0.29, 0.717) is 56.0 Å². The lowest BCUT2D eigenvalue weighted by Crippen LogP contribution is -2.47. The fourth-order valence-electron chi connectivity index (χ4n) is 7.78. The van der Waals surface area contributed by atoms with Crippen molar-refractivity contribution in [3.05, 3.63) is 34.2 Å². The lowest BCUT2D eigenvalue weighted by molar-refractivity contribution is -0.143. The molecule has 57 heavy (non-hydrogen) atoms. The molecule has 0 atom stereocenters. The van der Waals surface area contributed by atoms with Crippen LogP contribution in [0.15, 0.2) is 27.9 Å². The molecule has 0 saturated carbocycles. The molecule has 3 aromatic rings. The first-order chi connectivity index (χ1) is 27.6. The van der Waals surface area contributed by atoms with E-state index in [1.54, 1.807) is 13.1 Å². The minimum absolute atomic E-state index is 0.00162. The van der Waals surface area contributed by atoms with Crippen LogP contribution in [-0.2, 0) is 28.3 Å². The number of ether oxygens (including phenoxy) is 1. The van der Waals surface area contributed by atoms with Gasteiger partial charge in [0.25, 0.3) is 5.56 Å². The largest absolute Gasteiger partial charge is 0.493 e. The molecule has 0 radical (unpaired) electrons. The number of rotatable bonds is 28. The highest BCUT2D eigenvalue weighted by molar-refractivity contribution is 7.89. The standard InChI is InChI=1S/C44H72N6O6S/c1-6-9-10-11-12-13-14-15-16-17-18-19-20-21-22-23-24-25-26-28-40(51)56-50-41-38(27-7-2)46-48(5)42(41)44(52)45-43(50)37-35-36(29-30-39(37)55-8-3)57(53,54)49-33-31-47(4)32-34-49/h29-30,35H,6-28,31-34H2,1-5H3. The average molecular weight is 813 g/mol. The molecular weight excluding hydrogens is 741 g/mol. The van der Waals surface area contributed by atoms with Gasteiger partial charge in [0.1, 0.15) is 11.3 Å². The van der Waals surface area contributed by atoms with Crippen LogP contribution in [0.3, 0.4) is 0 Å². The Bertz CT molecular complexity index is 1830. The lowest BCUT2D eigenvalue weighted by Gasteiger charge is -2.31. The summed E-state index contributed by atoms with van der Waals surface area (Å²) < 4.78 is 37.9. The second-order valence-electron chi connectivity index (χ2n) is 15.9. The van der Waals surface area contributed by atoms with E-state index in [2.05, 4.69) is 21.9 Å². The molecule has 4 rings (SSSR count). The SMILES string of the molecule is CCCCCCCCCCCCCCCCCCCCCC(=O)On1c(-c2cc(S(=O)(=O)N3CCN(C)CC3)ccc2OCC)nc(=O)c2c1c(CCC)nn2C. The topological polar surface area (TPSA) is 129 Å². The first-order valence-electron chi connectivity index (χ1n) is 22.3. The van der Waals surface area contributed by atoms with Crippen molar-refractivity contribution >= 4 is 27.0 Å². The Morgan fingerprint density at radius 1 is 0.719 bits per heavy atom. The second kappa shape index (κ2) is 24.6. The van der Waals surface area contributed by atoms with Crippen LogP contribution < -0.4 is 15.1 Å². The molecule has 0 bridgehead atoms. The van der Waals surface area contributed by atoms with Gasteiger partial charge in [-0.2, -0.15) is 19.1 Å². The molecule has 12 nitrogen and oxygen atoms in total. The first kappa shape index (κ1) is 46.4. The maximum Gasteiger partial charge on any atom is 0.333 e. The molecule has 2 aromatic heterocycles. The predicted octanol–water partition coefficient (Wildman–Crippen LogP) is 8.86. The quantitative estimate of drug-likeness (QED) is 0.0661. The zero-order chi connectivity index (χ0) is 41.0. The van der Waals surface area contributed by atoms with Gasteiger partial charge in [0.15, 0.2) is 11.3 Å². The molecule has 0 amide bonds. The summed E-state index contributed by atoms with van der Waals surface area (Å²) >= 11 is 0. The Hall–Kier alpha value is -3.29. The third kappa shape index (κ3) is 13.9. The first-order valence-corrected chi connectivity index (χ1v) is 23.7. The number of benzene rings is 1. The third-order valence-corrected chi connectivity index (χ3v) is 13.0. The Morgan fingerprint density at radius 3 is 1.79 bits per heavy atom.